The number of rotatable bonds is 2. The third-order valence-electron chi connectivity index (χ3n) is 3.06. The fraction of sp³-hybridized carbons (Fsp3) is 0.0667. The highest BCUT2D eigenvalue weighted by Crippen LogP contribution is 2.38. The van der Waals surface area contributed by atoms with Gasteiger partial charge in [-0.2, -0.15) is 0 Å². The molecule has 0 bridgehead atoms. The molecule has 3 rings (SSSR count). The van der Waals surface area contributed by atoms with Gasteiger partial charge in [-0.05, 0) is 18.2 Å². The molecule has 5 heteroatoms. The van der Waals surface area contributed by atoms with Gasteiger partial charge >= 0.3 is 0 Å². The summed E-state index contributed by atoms with van der Waals surface area (Å²) in [5, 5.41) is 3.55. The molecule has 1 heterocycles. The van der Waals surface area contributed by atoms with E-state index in [0.29, 0.717) is 28.4 Å². The van der Waals surface area contributed by atoms with E-state index in [2.05, 4.69) is 10.3 Å². The zero-order valence-corrected chi connectivity index (χ0v) is 11.8. The highest BCUT2D eigenvalue weighted by molar-refractivity contribution is 6.49. The molecule has 100 valence electrons. The van der Waals surface area contributed by atoms with Crippen LogP contribution in [0.1, 0.15) is 5.56 Å². The average Bonchev–Trinajstić information content (AvgIpc) is 2.47. The molecule has 0 fully saturated rings. The lowest BCUT2D eigenvalue weighted by Crippen LogP contribution is -2.44. The summed E-state index contributed by atoms with van der Waals surface area (Å²) in [4.78, 5) is 14.6. The van der Waals surface area contributed by atoms with Crippen molar-refractivity contribution in [1.82, 2.24) is 0 Å². The molecule has 0 aromatic heterocycles. The predicted molar refractivity (Wildman–Crippen MR) is 82.4 cm³/mol. The van der Waals surface area contributed by atoms with Crippen LogP contribution < -0.4 is 5.32 Å². The van der Waals surface area contributed by atoms with Gasteiger partial charge < -0.3 is 5.32 Å². The summed E-state index contributed by atoms with van der Waals surface area (Å²) in [7, 11) is 0. The first-order valence-corrected chi connectivity index (χ1v) is 6.75. The topological polar surface area (TPSA) is 41.5 Å². The average molecular weight is 305 g/mol. The normalized spacial score (nSPS) is 20.6. The smallest absolute Gasteiger partial charge is 0.212 e. The van der Waals surface area contributed by atoms with Gasteiger partial charge in [-0.3, -0.25) is 4.79 Å². The van der Waals surface area contributed by atoms with Gasteiger partial charge in [-0.1, -0.05) is 53.5 Å². The van der Waals surface area contributed by atoms with Crippen LogP contribution in [-0.4, -0.2) is 17.0 Å². The molecule has 1 atom stereocenters. The van der Waals surface area contributed by atoms with Crippen LogP contribution >= 0.6 is 23.2 Å². The number of nitrogens with zero attached hydrogens (tertiary/aromatic N) is 1. The molecule has 0 saturated heterocycles. The minimum absolute atomic E-state index is 0.476. The molecule has 1 aliphatic heterocycles. The Bertz CT molecular complexity index is 700. The van der Waals surface area contributed by atoms with Crippen LogP contribution in [0.15, 0.2) is 53.5 Å². The van der Waals surface area contributed by atoms with E-state index in [9.17, 15) is 4.79 Å². The number of halogens is 2. The Balaban J connectivity index is 2.19. The first-order valence-electron chi connectivity index (χ1n) is 6.00. The summed E-state index contributed by atoms with van der Waals surface area (Å²) in [6.07, 6.45) is 0.643. The first kappa shape index (κ1) is 13.2. The van der Waals surface area contributed by atoms with Crippen molar-refractivity contribution in [2.45, 2.75) is 5.00 Å². The van der Waals surface area contributed by atoms with Gasteiger partial charge in [-0.15, -0.1) is 0 Å². The lowest BCUT2D eigenvalue weighted by molar-refractivity contribution is -0.108. The molecule has 2 aromatic rings. The quantitative estimate of drug-likeness (QED) is 0.517. The second kappa shape index (κ2) is 4.93. The third-order valence-corrected chi connectivity index (χ3v) is 3.66. The SMILES string of the molecule is O=CC1(Cl)Nc2cc(Cl)ccc2N=C1c1ccccc1. The summed E-state index contributed by atoms with van der Waals surface area (Å²) < 4.78 is 0. The van der Waals surface area contributed by atoms with Gasteiger partial charge in [0, 0.05) is 10.6 Å². The van der Waals surface area contributed by atoms with Gasteiger partial charge in [0.2, 0.25) is 5.00 Å². The van der Waals surface area contributed by atoms with E-state index >= 15 is 0 Å². The van der Waals surface area contributed by atoms with Crippen molar-refractivity contribution < 1.29 is 4.79 Å². The molecule has 1 aliphatic rings. The molecule has 2 aromatic carbocycles. The maximum atomic E-state index is 11.5. The van der Waals surface area contributed by atoms with Gasteiger partial charge in [-0.25, -0.2) is 4.99 Å². The number of aliphatic imine (C=N–C) groups is 1. The molecule has 0 saturated carbocycles. The van der Waals surface area contributed by atoms with Crippen molar-refractivity contribution in [3.63, 3.8) is 0 Å². The number of nitrogens with one attached hydrogen (secondary N) is 1. The zero-order chi connectivity index (χ0) is 14.2. The summed E-state index contributed by atoms with van der Waals surface area (Å²) in [5.41, 5.74) is 2.61. The van der Waals surface area contributed by atoms with E-state index in [1.54, 1.807) is 18.2 Å². The molecule has 1 N–H and O–H groups in total. The molecule has 0 aliphatic carbocycles. The van der Waals surface area contributed by atoms with Crippen LogP contribution in [0.3, 0.4) is 0 Å². The molecular weight excluding hydrogens is 295 g/mol. The molecule has 0 amide bonds. The molecule has 20 heavy (non-hydrogen) atoms. The van der Waals surface area contributed by atoms with E-state index in [0.717, 1.165) is 5.56 Å². The number of hydrogen-bond donors (Lipinski definition) is 1. The van der Waals surface area contributed by atoms with E-state index < -0.39 is 5.00 Å². The fourth-order valence-electron chi connectivity index (χ4n) is 2.12. The third kappa shape index (κ3) is 2.19. The largest absolute Gasteiger partial charge is 0.354 e. The number of alkyl halides is 1. The molecule has 0 spiro atoms. The lowest BCUT2D eigenvalue weighted by Gasteiger charge is -2.30. The van der Waals surface area contributed by atoms with E-state index in [4.69, 9.17) is 23.2 Å². The van der Waals surface area contributed by atoms with Crippen LogP contribution in [0.25, 0.3) is 0 Å². The Kier molecular flexibility index (Phi) is 3.24. The maximum absolute atomic E-state index is 11.5. The van der Waals surface area contributed by atoms with Crippen molar-refractivity contribution >= 4 is 46.6 Å². The Hall–Kier alpha value is -1.84. The number of aldehydes is 1. The predicted octanol–water partition coefficient (Wildman–Crippen LogP) is 4.02. The lowest BCUT2D eigenvalue weighted by atomic mass is 10.0. The molecular formula is C15H10Cl2N2O. The monoisotopic (exact) mass is 304 g/mol. The van der Waals surface area contributed by atoms with Crippen LogP contribution in [0, 0.1) is 0 Å². The second-order valence-electron chi connectivity index (χ2n) is 4.44. The molecule has 3 nitrogen and oxygen atoms in total. The van der Waals surface area contributed by atoms with E-state index in [1.807, 2.05) is 30.3 Å². The summed E-state index contributed by atoms with van der Waals surface area (Å²) in [6.45, 7) is 0. The summed E-state index contributed by atoms with van der Waals surface area (Å²) in [5.74, 6) is 0. The number of anilines is 1. The van der Waals surface area contributed by atoms with Crippen molar-refractivity contribution in [3.8, 4) is 0 Å². The van der Waals surface area contributed by atoms with Crippen molar-refractivity contribution in [3.05, 3.63) is 59.1 Å². The van der Waals surface area contributed by atoms with Crippen LogP contribution in [0.4, 0.5) is 11.4 Å². The van der Waals surface area contributed by atoms with E-state index in [1.165, 1.54) is 0 Å². The van der Waals surface area contributed by atoms with Crippen LogP contribution in [0.2, 0.25) is 5.02 Å². The Labute approximate surface area is 126 Å². The fourth-order valence-corrected chi connectivity index (χ4v) is 2.54. The van der Waals surface area contributed by atoms with Crippen LogP contribution in [0.5, 0.6) is 0 Å². The number of carbonyl (C=O) groups excluding carboxylic acids is 1. The van der Waals surface area contributed by atoms with Gasteiger partial charge in [0.15, 0.2) is 6.29 Å². The molecule has 0 radical (unpaired) electrons. The summed E-state index contributed by atoms with van der Waals surface area (Å²) >= 11 is 12.3. The maximum Gasteiger partial charge on any atom is 0.212 e. The Morgan fingerprint density at radius 2 is 1.90 bits per heavy atom. The summed E-state index contributed by atoms with van der Waals surface area (Å²) in [6, 6.07) is 14.6. The highest BCUT2D eigenvalue weighted by Gasteiger charge is 2.37. The standard InChI is InChI=1S/C15H10Cl2N2O/c16-11-6-7-12-13(8-11)19-15(17,9-20)14(18-12)10-4-2-1-3-5-10/h1-9,19H. The van der Waals surface area contributed by atoms with Gasteiger partial charge in [0.05, 0.1) is 17.1 Å². The zero-order valence-electron chi connectivity index (χ0n) is 10.3. The number of fused-ring (bicyclic) bond motifs is 1. The Morgan fingerprint density at radius 1 is 1.15 bits per heavy atom. The van der Waals surface area contributed by atoms with Crippen molar-refractivity contribution in [1.29, 1.82) is 0 Å². The highest BCUT2D eigenvalue weighted by atomic mass is 35.5. The van der Waals surface area contributed by atoms with Gasteiger partial charge in [0.1, 0.15) is 0 Å². The molecule has 1 unspecified atom stereocenters. The number of benzene rings is 2. The van der Waals surface area contributed by atoms with Crippen molar-refractivity contribution in [2.75, 3.05) is 5.32 Å². The second-order valence-corrected chi connectivity index (χ2v) is 5.48. The minimum atomic E-state index is -1.39. The number of hydrogen-bond acceptors (Lipinski definition) is 3. The van der Waals surface area contributed by atoms with Gasteiger partial charge in [0.25, 0.3) is 0 Å². The van der Waals surface area contributed by atoms with E-state index in [-0.39, 0.29) is 0 Å². The Morgan fingerprint density at radius 3 is 2.60 bits per heavy atom. The minimum Gasteiger partial charge on any atom is -0.354 e. The number of carbonyl (C=O) groups is 1. The van der Waals surface area contributed by atoms with Crippen LogP contribution in [-0.2, 0) is 4.79 Å². The van der Waals surface area contributed by atoms with Crippen molar-refractivity contribution in [2.24, 2.45) is 4.99 Å². The first-order chi connectivity index (χ1) is 9.62.